The number of pyridine rings is 2. The summed E-state index contributed by atoms with van der Waals surface area (Å²) in [6, 6.07) is 37.3. The van der Waals surface area contributed by atoms with Crippen LogP contribution in [0.15, 0.2) is 122 Å². The van der Waals surface area contributed by atoms with Gasteiger partial charge in [0.1, 0.15) is 0 Å². The number of fused-ring (bicyclic) bond motifs is 2. The van der Waals surface area contributed by atoms with Crippen molar-refractivity contribution in [2.45, 2.75) is 0 Å². The summed E-state index contributed by atoms with van der Waals surface area (Å²) in [5.74, 6) is 0. The summed E-state index contributed by atoms with van der Waals surface area (Å²) < 4.78 is 0. The van der Waals surface area contributed by atoms with Crippen LogP contribution in [0.5, 0.6) is 0 Å². The van der Waals surface area contributed by atoms with Crippen LogP contribution in [0.25, 0.3) is 44.1 Å². The second kappa shape index (κ2) is 12.6. The smallest absolute Gasteiger partial charge is 1.00 e. The number of halogens is 2. The molecule has 0 unspecified atom stereocenters. The number of hydrogen-bond donors (Lipinski definition) is 0. The van der Waals surface area contributed by atoms with Crippen molar-refractivity contribution in [1.82, 2.24) is 9.97 Å². The second-order valence-electron chi connectivity index (χ2n) is 7.10. The molecule has 0 aliphatic rings. The van der Waals surface area contributed by atoms with Crippen LogP contribution < -0.4 is 24.8 Å². The average Bonchev–Trinajstić information content (AvgIpc) is 3.45. The monoisotopic (exact) mass is 544 g/mol. The number of rotatable bonds is 2. The molecular weight excluding hydrogens is 526 g/mol. The Morgan fingerprint density at radius 3 is 1.24 bits per heavy atom. The molecule has 0 spiro atoms. The zero-order valence-electron chi connectivity index (χ0n) is 17.7. The molecule has 0 atom stereocenters. The van der Waals surface area contributed by atoms with E-state index < -0.39 is 0 Å². The molecular formula is C28H20Cl2N2Zr-2. The van der Waals surface area contributed by atoms with Crippen LogP contribution in [0.4, 0.5) is 0 Å². The third kappa shape index (κ3) is 5.86. The molecule has 0 aliphatic carbocycles. The molecule has 33 heavy (non-hydrogen) atoms. The van der Waals surface area contributed by atoms with E-state index in [4.69, 9.17) is 0 Å². The van der Waals surface area contributed by atoms with E-state index in [1.54, 1.807) is 0 Å². The van der Waals surface area contributed by atoms with Crippen molar-refractivity contribution in [3.63, 3.8) is 0 Å². The van der Waals surface area contributed by atoms with Crippen LogP contribution in [-0.4, -0.2) is 9.97 Å². The van der Waals surface area contributed by atoms with Crippen molar-refractivity contribution < 1.29 is 51.0 Å². The van der Waals surface area contributed by atoms with Gasteiger partial charge >= 0.3 is 26.2 Å². The summed E-state index contributed by atoms with van der Waals surface area (Å²) >= 11 is 0. The van der Waals surface area contributed by atoms with Crippen LogP contribution in [0, 0.1) is 0 Å². The molecule has 0 saturated carbocycles. The van der Waals surface area contributed by atoms with Crippen molar-refractivity contribution in [1.29, 1.82) is 0 Å². The van der Waals surface area contributed by atoms with E-state index in [-0.39, 0.29) is 51.0 Å². The minimum atomic E-state index is 0. The van der Waals surface area contributed by atoms with E-state index in [9.17, 15) is 0 Å². The second-order valence-corrected chi connectivity index (χ2v) is 7.10. The maximum absolute atomic E-state index is 4.37. The predicted octanol–water partition coefficient (Wildman–Crippen LogP) is 1.25. The predicted molar refractivity (Wildman–Crippen MR) is 126 cm³/mol. The van der Waals surface area contributed by atoms with Crippen molar-refractivity contribution >= 4 is 21.5 Å². The summed E-state index contributed by atoms with van der Waals surface area (Å²) in [6.45, 7) is 0. The number of aromatic nitrogens is 2. The minimum Gasteiger partial charge on any atom is -1.00 e. The first kappa shape index (κ1) is 26.7. The number of hydrogen-bond acceptors (Lipinski definition) is 2. The van der Waals surface area contributed by atoms with E-state index in [2.05, 4.69) is 82.8 Å². The Hall–Kier alpha value is -2.58. The Kier molecular flexibility index (Phi) is 10.2. The molecule has 0 amide bonds. The first-order valence-electron chi connectivity index (χ1n) is 10.0. The molecule has 2 nitrogen and oxygen atoms in total. The van der Waals surface area contributed by atoms with E-state index in [1.165, 1.54) is 32.7 Å². The Morgan fingerprint density at radius 1 is 0.455 bits per heavy atom. The van der Waals surface area contributed by atoms with Gasteiger partial charge in [-0.15, -0.1) is 57.9 Å². The Labute approximate surface area is 225 Å². The van der Waals surface area contributed by atoms with Gasteiger partial charge < -0.3 is 24.8 Å². The maximum Gasteiger partial charge on any atom is 2.00 e. The van der Waals surface area contributed by atoms with Gasteiger partial charge in [-0.05, 0) is 0 Å². The van der Waals surface area contributed by atoms with Crippen molar-refractivity contribution in [3.05, 3.63) is 122 Å². The zero-order valence-corrected chi connectivity index (χ0v) is 21.7. The van der Waals surface area contributed by atoms with Gasteiger partial charge in [-0.1, -0.05) is 83.9 Å². The fourth-order valence-electron chi connectivity index (χ4n) is 3.79. The minimum absolute atomic E-state index is 0. The molecule has 0 aliphatic heterocycles. The summed E-state index contributed by atoms with van der Waals surface area (Å²) in [5, 5.41) is 5.10. The van der Waals surface area contributed by atoms with Gasteiger partial charge in [-0.3, -0.25) is 9.97 Å². The fourth-order valence-corrected chi connectivity index (χ4v) is 3.79. The molecule has 6 rings (SSSR count). The SMILES string of the molecule is [Cl-].[Cl-].[Zr+2].c1ccc(-[c-]2ccc3ccccc32)nc1.c1ccc(-[c-]2ccc3ccccc32)nc1. The molecule has 6 aromatic rings. The van der Waals surface area contributed by atoms with E-state index in [0.29, 0.717) is 0 Å². The molecule has 4 aromatic carbocycles. The van der Waals surface area contributed by atoms with Crippen LogP contribution in [0.1, 0.15) is 0 Å². The topological polar surface area (TPSA) is 25.8 Å². The van der Waals surface area contributed by atoms with Crippen LogP contribution in [0.3, 0.4) is 0 Å². The van der Waals surface area contributed by atoms with E-state index >= 15 is 0 Å². The first-order chi connectivity index (χ1) is 14.9. The van der Waals surface area contributed by atoms with Crippen molar-refractivity contribution in [2.24, 2.45) is 0 Å². The normalized spacial score (nSPS) is 9.70. The molecule has 5 heteroatoms. The molecule has 2 aromatic heterocycles. The Morgan fingerprint density at radius 2 is 0.848 bits per heavy atom. The van der Waals surface area contributed by atoms with Gasteiger partial charge in [0.25, 0.3) is 0 Å². The van der Waals surface area contributed by atoms with Crippen molar-refractivity contribution in [3.8, 4) is 22.5 Å². The Balaban J connectivity index is 0.000000214. The molecule has 162 valence electrons. The van der Waals surface area contributed by atoms with Gasteiger partial charge in [-0.2, -0.15) is 0 Å². The number of benzene rings is 2. The van der Waals surface area contributed by atoms with Gasteiger partial charge in [0.05, 0.1) is 0 Å². The summed E-state index contributed by atoms with van der Waals surface area (Å²) in [6.07, 6.45) is 3.66. The zero-order chi connectivity index (χ0) is 20.2. The molecule has 0 radical (unpaired) electrons. The van der Waals surface area contributed by atoms with Gasteiger partial charge in [0.2, 0.25) is 0 Å². The summed E-state index contributed by atoms with van der Waals surface area (Å²) in [7, 11) is 0. The molecule has 0 bridgehead atoms. The summed E-state index contributed by atoms with van der Waals surface area (Å²) in [5.41, 5.74) is 4.51. The quantitative estimate of drug-likeness (QED) is 0.306. The van der Waals surface area contributed by atoms with Crippen LogP contribution in [0.2, 0.25) is 0 Å². The van der Waals surface area contributed by atoms with E-state index in [1.807, 2.05) is 48.8 Å². The first-order valence-corrected chi connectivity index (χ1v) is 10.0. The van der Waals surface area contributed by atoms with E-state index in [0.717, 1.165) is 11.4 Å². The largest absolute Gasteiger partial charge is 2.00 e. The van der Waals surface area contributed by atoms with Crippen LogP contribution in [-0.2, 0) is 26.2 Å². The molecule has 2 heterocycles. The van der Waals surface area contributed by atoms with Crippen LogP contribution >= 0.6 is 0 Å². The van der Waals surface area contributed by atoms with Gasteiger partial charge in [0, 0.05) is 23.8 Å². The number of nitrogens with zero attached hydrogens (tertiary/aromatic N) is 2. The van der Waals surface area contributed by atoms with Gasteiger partial charge in [-0.25, -0.2) is 0 Å². The standard InChI is InChI=1S/2C14H10N.2ClH.Zr/c2*1-2-6-12-11(5-1)8-9-13(12)14-7-3-4-10-15-14;;;/h2*1-10H;2*1H;/q2*-1;;;+2/p-2. The third-order valence-corrected chi connectivity index (χ3v) is 5.24. The van der Waals surface area contributed by atoms with Crippen molar-refractivity contribution in [2.75, 3.05) is 0 Å². The maximum atomic E-state index is 4.37. The third-order valence-electron chi connectivity index (χ3n) is 5.24. The van der Waals surface area contributed by atoms with Gasteiger partial charge in [0.15, 0.2) is 0 Å². The fraction of sp³-hybridized carbons (Fsp3) is 0. The molecule has 0 fully saturated rings. The molecule has 0 N–H and O–H groups in total. The Bertz CT molecular complexity index is 1280. The molecule has 0 saturated heterocycles. The average molecular weight is 547 g/mol. The summed E-state index contributed by atoms with van der Waals surface area (Å²) in [4.78, 5) is 8.74.